The number of hydrogen-bond acceptors (Lipinski definition) is 3. The van der Waals surface area contributed by atoms with E-state index in [4.69, 9.17) is 4.98 Å². The molecule has 4 nitrogen and oxygen atoms in total. The van der Waals surface area contributed by atoms with E-state index in [9.17, 15) is 4.79 Å². The maximum atomic E-state index is 12.9. The summed E-state index contributed by atoms with van der Waals surface area (Å²) in [7, 11) is 0. The SMILES string of the molecule is CC(=O)c1ccc2c(c1)N(c1ccc(-c3cccc4c5c(n(-c6ccccc6)c34)C=CCC5)cc1)C1C=CC(C3=CC(C)C(c4cc(-c5ccccc5)nc(-c5ccccc5)c4)C=C3C)=CC21. The van der Waals surface area contributed by atoms with Gasteiger partial charge in [-0.25, -0.2) is 4.98 Å². The highest BCUT2D eigenvalue weighted by Gasteiger charge is 2.39. The number of hydrogen-bond donors (Lipinski definition) is 0. The number of anilines is 2. The van der Waals surface area contributed by atoms with E-state index in [0.717, 1.165) is 52.3 Å². The third-order valence-corrected chi connectivity index (χ3v) is 14.5. The first-order valence-corrected chi connectivity index (χ1v) is 23.7. The highest BCUT2D eigenvalue weighted by atomic mass is 16.1. The maximum Gasteiger partial charge on any atom is 0.159 e. The van der Waals surface area contributed by atoms with Crippen molar-refractivity contribution in [3.63, 3.8) is 0 Å². The molecule has 4 aliphatic rings. The highest BCUT2D eigenvalue weighted by Crippen LogP contribution is 2.51. The van der Waals surface area contributed by atoms with Crippen molar-refractivity contribution in [3.05, 3.63) is 245 Å². The number of fused-ring (bicyclic) bond motifs is 6. The zero-order valence-electron chi connectivity index (χ0n) is 38.1. The van der Waals surface area contributed by atoms with Crippen LogP contribution in [0.3, 0.4) is 0 Å². The molecular formula is C63H51N3O. The van der Waals surface area contributed by atoms with Crippen LogP contribution in [0.5, 0.6) is 0 Å². The molecule has 4 heteroatoms. The van der Waals surface area contributed by atoms with Gasteiger partial charge >= 0.3 is 0 Å². The van der Waals surface area contributed by atoms with Gasteiger partial charge in [0.25, 0.3) is 0 Å². The Morgan fingerprint density at radius 2 is 1.36 bits per heavy atom. The third kappa shape index (κ3) is 7.07. The van der Waals surface area contributed by atoms with E-state index in [-0.39, 0.29) is 29.6 Å². The van der Waals surface area contributed by atoms with Crippen molar-refractivity contribution in [2.45, 2.75) is 51.5 Å². The van der Waals surface area contributed by atoms with E-state index in [1.165, 1.54) is 66.8 Å². The predicted molar refractivity (Wildman–Crippen MR) is 277 cm³/mol. The lowest BCUT2D eigenvalue weighted by molar-refractivity contribution is 0.101. The fraction of sp³-hybridized carbons (Fsp3) is 0.143. The molecule has 8 aromatic rings. The molecule has 67 heavy (non-hydrogen) atoms. The van der Waals surface area contributed by atoms with Gasteiger partial charge in [-0.05, 0) is 120 Å². The van der Waals surface area contributed by atoms with Crippen LogP contribution in [0.1, 0.15) is 71.8 Å². The first-order chi connectivity index (χ1) is 32.9. The molecule has 324 valence electrons. The Labute approximate surface area is 393 Å². The van der Waals surface area contributed by atoms with Gasteiger partial charge in [-0.1, -0.05) is 165 Å². The van der Waals surface area contributed by atoms with Crippen LogP contribution < -0.4 is 4.90 Å². The molecule has 0 saturated carbocycles. The van der Waals surface area contributed by atoms with Crippen molar-refractivity contribution in [1.29, 1.82) is 0 Å². The Morgan fingerprint density at radius 3 is 2.06 bits per heavy atom. The van der Waals surface area contributed by atoms with Crippen molar-refractivity contribution in [3.8, 4) is 39.3 Å². The monoisotopic (exact) mass is 865 g/mol. The zero-order chi connectivity index (χ0) is 45.2. The number of carbonyl (C=O) groups excluding carboxylic acids is 1. The highest BCUT2D eigenvalue weighted by molar-refractivity contribution is 6.01. The summed E-state index contributed by atoms with van der Waals surface area (Å²) in [5, 5.41) is 1.32. The molecule has 0 spiro atoms. The van der Waals surface area contributed by atoms with E-state index in [1.807, 2.05) is 6.07 Å². The number of pyridine rings is 1. The lowest BCUT2D eigenvalue weighted by Gasteiger charge is -2.32. The summed E-state index contributed by atoms with van der Waals surface area (Å²) in [5.74, 6) is 0.643. The average Bonchev–Trinajstić information content (AvgIpc) is 3.90. The van der Waals surface area contributed by atoms with Crippen LogP contribution in [0.15, 0.2) is 217 Å². The molecule has 0 radical (unpaired) electrons. The van der Waals surface area contributed by atoms with E-state index < -0.39 is 0 Å². The number of para-hydroxylation sites is 2. The Kier molecular flexibility index (Phi) is 10.1. The summed E-state index contributed by atoms with van der Waals surface area (Å²) in [4.78, 5) is 20.5. The summed E-state index contributed by atoms with van der Waals surface area (Å²) in [6.07, 6.45) is 18.9. The second kappa shape index (κ2) is 16.6. The van der Waals surface area contributed by atoms with Crippen molar-refractivity contribution in [2.24, 2.45) is 5.92 Å². The number of ketones is 1. The van der Waals surface area contributed by atoms with Crippen LogP contribution in [0.2, 0.25) is 0 Å². The largest absolute Gasteiger partial charge is 0.333 e. The number of carbonyl (C=O) groups is 1. The summed E-state index contributed by atoms with van der Waals surface area (Å²) < 4.78 is 2.45. The van der Waals surface area contributed by atoms with Crippen LogP contribution in [0.25, 0.3) is 56.3 Å². The van der Waals surface area contributed by atoms with Gasteiger partial charge in [0.2, 0.25) is 0 Å². The summed E-state index contributed by atoms with van der Waals surface area (Å²) in [5.41, 5.74) is 21.0. The van der Waals surface area contributed by atoms with E-state index in [2.05, 4.69) is 224 Å². The number of benzene rings is 6. The minimum absolute atomic E-state index is 0.0624. The molecule has 0 bridgehead atoms. The molecule has 3 heterocycles. The summed E-state index contributed by atoms with van der Waals surface area (Å²) in [6, 6.07) is 58.6. The molecule has 4 atom stereocenters. The van der Waals surface area contributed by atoms with Crippen LogP contribution >= 0.6 is 0 Å². The molecule has 0 saturated heterocycles. The molecule has 3 aliphatic carbocycles. The number of Topliss-reactive ketones (excluding diaryl/α,β-unsaturated/α-hetero) is 1. The normalized spacial score (nSPS) is 19.3. The Bertz CT molecular complexity index is 3350. The van der Waals surface area contributed by atoms with E-state index in [1.54, 1.807) is 6.92 Å². The Morgan fingerprint density at radius 1 is 0.657 bits per heavy atom. The number of rotatable bonds is 8. The van der Waals surface area contributed by atoms with Crippen molar-refractivity contribution in [2.75, 3.05) is 4.90 Å². The molecule has 0 amide bonds. The summed E-state index contributed by atoms with van der Waals surface area (Å²) in [6.45, 7) is 6.27. The molecule has 2 aromatic heterocycles. The fourth-order valence-corrected chi connectivity index (χ4v) is 11.2. The molecule has 0 N–H and O–H groups in total. The lowest BCUT2D eigenvalue weighted by atomic mass is 9.76. The Balaban J connectivity index is 0.885. The number of allylic oxidation sites excluding steroid dienone is 7. The topological polar surface area (TPSA) is 38.1 Å². The average molecular weight is 866 g/mol. The van der Waals surface area contributed by atoms with Crippen molar-refractivity contribution < 1.29 is 4.79 Å². The van der Waals surface area contributed by atoms with E-state index in [0.29, 0.717) is 0 Å². The Hall–Kier alpha value is -7.82. The van der Waals surface area contributed by atoms with Gasteiger partial charge in [0.05, 0.1) is 22.9 Å². The van der Waals surface area contributed by atoms with Crippen LogP contribution in [-0.4, -0.2) is 21.4 Å². The van der Waals surface area contributed by atoms with Crippen molar-refractivity contribution in [1.82, 2.24) is 9.55 Å². The molecule has 6 aromatic carbocycles. The quantitative estimate of drug-likeness (QED) is 0.143. The van der Waals surface area contributed by atoms with Gasteiger partial charge in [-0.2, -0.15) is 0 Å². The zero-order valence-corrected chi connectivity index (χ0v) is 38.1. The standard InChI is InChI=1S/C63H51N3O/c1-40-35-56(48-37-58(44-16-7-4-8-17-44)64-59(38-48)45-18-9-5-10-19-45)41(2)34-55(40)47-29-33-61-57(36-47)53-32-28-46(42(3)67)39-62(53)65(61)50-30-26-43(27-31-50)51-23-15-24-54-52-22-13-14-25-60(52)66(63(51)54)49-20-11-6-12-21-49/h4-12,14-21,23-39,41,56-57,61H,13,22H2,1-3H3. The molecular weight excluding hydrogens is 815 g/mol. The number of aromatic nitrogens is 2. The molecule has 0 fully saturated rings. The fourth-order valence-electron chi connectivity index (χ4n) is 11.2. The van der Waals surface area contributed by atoms with Crippen LogP contribution in [-0.2, 0) is 6.42 Å². The first-order valence-electron chi connectivity index (χ1n) is 23.7. The van der Waals surface area contributed by atoms with E-state index >= 15 is 0 Å². The van der Waals surface area contributed by atoms with Crippen LogP contribution in [0, 0.1) is 5.92 Å². The second-order valence-electron chi connectivity index (χ2n) is 18.6. The predicted octanol–water partition coefficient (Wildman–Crippen LogP) is 15.6. The van der Waals surface area contributed by atoms with Crippen LogP contribution in [0.4, 0.5) is 11.4 Å². The van der Waals surface area contributed by atoms with Crippen molar-refractivity contribution >= 4 is 34.1 Å². The molecule has 1 aliphatic heterocycles. The third-order valence-electron chi connectivity index (χ3n) is 14.5. The first kappa shape index (κ1) is 40.7. The molecule has 12 rings (SSSR count). The maximum absolute atomic E-state index is 12.9. The van der Waals surface area contributed by atoms with Gasteiger partial charge in [0.1, 0.15) is 0 Å². The van der Waals surface area contributed by atoms with Gasteiger partial charge in [0.15, 0.2) is 5.78 Å². The second-order valence-corrected chi connectivity index (χ2v) is 18.6. The lowest BCUT2D eigenvalue weighted by Crippen LogP contribution is -2.29. The summed E-state index contributed by atoms with van der Waals surface area (Å²) >= 11 is 0. The minimum Gasteiger partial charge on any atom is -0.333 e. The molecule has 4 unspecified atom stereocenters. The van der Waals surface area contributed by atoms with Gasteiger partial charge < -0.3 is 9.47 Å². The number of nitrogens with zero attached hydrogens (tertiary/aromatic N) is 3. The minimum atomic E-state index is 0.0624. The number of aryl methyl sites for hydroxylation is 1. The van der Waals surface area contributed by atoms with Gasteiger partial charge in [0, 0.05) is 62.2 Å². The smallest absolute Gasteiger partial charge is 0.159 e. The van der Waals surface area contributed by atoms with Gasteiger partial charge in [-0.3, -0.25) is 4.79 Å². The van der Waals surface area contributed by atoms with Gasteiger partial charge in [-0.15, -0.1) is 0 Å².